The first-order valence-electron chi connectivity index (χ1n) is 11.2. The molecule has 2 aromatic carbocycles. The number of anilines is 3. The van der Waals surface area contributed by atoms with Gasteiger partial charge in [0.1, 0.15) is 11.6 Å². The highest BCUT2D eigenvalue weighted by Crippen LogP contribution is 2.33. The number of piperazine rings is 1. The molecule has 9 heteroatoms. The van der Waals surface area contributed by atoms with Gasteiger partial charge in [0.2, 0.25) is 5.28 Å². The summed E-state index contributed by atoms with van der Waals surface area (Å²) in [4.78, 5) is 13.9. The Morgan fingerprint density at radius 2 is 1.79 bits per heavy atom. The molecule has 0 atom stereocenters. The third kappa shape index (κ3) is 3.61. The van der Waals surface area contributed by atoms with Gasteiger partial charge in [0, 0.05) is 56.1 Å². The average Bonchev–Trinajstić information content (AvgIpc) is 3.29. The Hall–Kier alpha value is -3.75. The third-order valence-electron chi connectivity index (χ3n) is 6.27. The number of para-hydroxylation sites is 1. The smallest absolute Gasteiger partial charge is 0.258 e. The van der Waals surface area contributed by atoms with Crippen LogP contribution in [0.3, 0.4) is 0 Å². The maximum absolute atomic E-state index is 6.27. The van der Waals surface area contributed by atoms with E-state index < -0.39 is 0 Å². The molecule has 0 bridgehead atoms. The molecule has 1 fully saturated rings. The van der Waals surface area contributed by atoms with Gasteiger partial charge >= 0.3 is 0 Å². The zero-order valence-electron chi connectivity index (χ0n) is 18.7. The Morgan fingerprint density at radius 1 is 0.941 bits per heavy atom. The van der Waals surface area contributed by atoms with E-state index in [4.69, 9.17) is 21.6 Å². The summed E-state index contributed by atoms with van der Waals surface area (Å²) in [5, 5.41) is 12.8. The fourth-order valence-corrected chi connectivity index (χ4v) is 4.66. The topological polar surface area (TPSA) is 74.5 Å². The summed E-state index contributed by atoms with van der Waals surface area (Å²) in [6.07, 6.45) is 1.95. The molecule has 4 heterocycles. The number of pyridine rings is 1. The van der Waals surface area contributed by atoms with E-state index in [1.54, 1.807) is 4.40 Å². The maximum atomic E-state index is 6.27. The molecule has 0 saturated carbocycles. The molecule has 1 saturated heterocycles. The molecular formula is C25H23ClN8. The van der Waals surface area contributed by atoms with Crippen molar-refractivity contribution in [2.75, 3.05) is 43.0 Å². The molecule has 5 aromatic rings. The number of nitrogens with zero attached hydrogens (tertiary/aromatic N) is 7. The second kappa shape index (κ2) is 8.55. The van der Waals surface area contributed by atoms with Gasteiger partial charge in [0.05, 0.1) is 5.52 Å². The minimum atomic E-state index is 0.298. The standard InChI is InChI=1S/C25H23ClN8/c1-32(23-20-7-2-3-8-21(20)34-24(26)30-31-25(34)29-23)19-6-4-5-17(15-19)18-9-10-22(28-16-18)33-13-11-27-12-14-33/h2-10,15-16,27H,11-14H2,1H3. The highest BCUT2D eigenvalue weighted by atomic mass is 35.5. The molecule has 34 heavy (non-hydrogen) atoms. The van der Waals surface area contributed by atoms with Crippen LogP contribution in [0, 0.1) is 0 Å². The molecule has 170 valence electrons. The Labute approximate surface area is 201 Å². The van der Waals surface area contributed by atoms with E-state index >= 15 is 0 Å². The largest absolute Gasteiger partial charge is 0.354 e. The molecule has 0 spiro atoms. The first-order valence-corrected chi connectivity index (χ1v) is 11.6. The Balaban J connectivity index is 1.36. The maximum Gasteiger partial charge on any atom is 0.258 e. The minimum Gasteiger partial charge on any atom is -0.354 e. The van der Waals surface area contributed by atoms with Crippen molar-refractivity contribution in [3.05, 3.63) is 72.1 Å². The number of aromatic nitrogens is 5. The normalized spacial score (nSPS) is 14.1. The lowest BCUT2D eigenvalue weighted by Crippen LogP contribution is -2.43. The van der Waals surface area contributed by atoms with Crippen LogP contribution in [-0.2, 0) is 0 Å². The van der Waals surface area contributed by atoms with Crippen LogP contribution in [0.1, 0.15) is 0 Å². The Morgan fingerprint density at radius 3 is 2.62 bits per heavy atom. The number of benzene rings is 2. The van der Waals surface area contributed by atoms with Gasteiger partial charge in [0.25, 0.3) is 5.78 Å². The van der Waals surface area contributed by atoms with E-state index in [9.17, 15) is 0 Å². The summed E-state index contributed by atoms with van der Waals surface area (Å²) < 4.78 is 1.76. The molecule has 1 aliphatic heterocycles. The van der Waals surface area contributed by atoms with Crippen molar-refractivity contribution in [3.63, 3.8) is 0 Å². The molecule has 0 amide bonds. The minimum absolute atomic E-state index is 0.298. The van der Waals surface area contributed by atoms with Crippen LogP contribution in [0.15, 0.2) is 66.9 Å². The third-order valence-corrected chi connectivity index (χ3v) is 6.52. The average molecular weight is 471 g/mol. The van der Waals surface area contributed by atoms with Crippen LogP contribution in [0.25, 0.3) is 27.8 Å². The zero-order chi connectivity index (χ0) is 23.1. The number of hydrogen-bond donors (Lipinski definition) is 1. The van der Waals surface area contributed by atoms with Crippen LogP contribution in [-0.4, -0.2) is 57.8 Å². The van der Waals surface area contributed by atoms with Crippen molar-refractivity contribution in [1.29, 1.82) is 0 Å². The predicted octanol–water partition coefficient (Wildman–Crippen LogP) is 4.17. The fourth-order valence-electron chi connectivity index (χ4n) is 4.46. The van der Waals surface area contributed by atoms with E-state index in [2.05, 4.69) is 61.7 Å². The summed E-state index contributed by atoms with van der Waals surface area (Å²) in [5.74, 6) is 2.28. The fraction of sp³-hybridized carbons (Fsp3) is 0.200. The molecular weight excluding hydrogens is 448 g/mol. The molecule has 0 aliphatic carbocycles. The molecule has 0 radical (unpaired) electrons. The molecule has 0 unspecified atom stereocenters. The highest BCUT2D eigenvalue weighted by Gasteiger charge is 2.17. The van der Waals surface area contributed by atoms with Gasteiger partial charge in [-0.25, -0.2) is 9.38 Å². The summed E-state index contributed by atoms with van der Waals surface area (Å²) in [6, 6.07) is 20.6. The summed E-state index contributed by atoms with van der Waals surface area (Å²) >= 11 is 6.27. The van der Waals surface area contributed by atoms with Crippen molar-refractivity contribution in [2.45, 2.75) is 0 Å². The van der Waals surface area contributed by atoms with Gasteiger partial charge in [-0.2, -0.15) is 4.98 Å². The van der Waals surface area contributed by atoms with Crippen molar-refractivity contribution < 1.29 is 0 Å². The number of rotatable bonds is 4. The van der Waals surface area contributed by atoms with Gasteiger partial charge in [-0.05, 0) is 53.6 Å². The number of hydrogen-bond acceptors (Lipinski definition) is 7. The summed E-state index contributed by atoms with van der Waals surface area (Å²) in [5.41, 5.74) is 4.09. The lowest BCUT2D eigenvalue weighted by molar-refractivity contribution is 0.585. The van der Waals surface area contributed by atoms with Crippen LogP contribution in [0.4, 0.5) is 17.3 Å². The zero-order valence-corrected chi connectivity index (χ0v) is 19.4. The monoisotopic (exact) mass is 470 g/mol. The molecule has 6 rings (SSSR count). The molecule has 1 N–H and O–H groups in total. The number of nitrogens with one attached hydrogen (secondary N) is 1. The number of fused-ring (bicyclic) bond motifs is 3. The molecule has 3 aromatic heterocycles. The first kappa shape index (κ1) is 20.8. The van der Waals surface area contributed by atoms with Gasteiger partial charge in [0.15, 0.2) is 0 Å². The second-order valence-electron chi connectivity index (χ2n) is 8.31. The van der Waals surface area contributed by atoms with Gasteiger partial charge in [-0.15, -0.1) is 10.2 Å². The Kier molecular flexibility index (Phi) is 5.24. The Bertz CT molecular complexity index is 1470. The lowest BCUT2D eigenvalue weighted by Gasteiger charge is -2.28. The van der Waals surface area contributed by atoms with Crippen LogP contribution in [0.5, 0.6) is 0 Å². The van der Waals surface area contributed by atoms with E-state index in [-0.39, 0.29) is 0 Å². The summed E-state index contributed by atoms with van der Waals surface area (Å²) in [6.45, 7) is 3.95. The van der Waals surface area contributed by atoms with E-state index in [1.807, 2.05) is 37.5 Å². The van der Waals surface area contributed by atoms with Crippen LogP contribution in [0.2, 0.25) is 5.28 Å². The molecule has 8 nitrogen and oxygen atoms in total. The van der Waals surface area contributed by atoms with Crippen LogP contribution >= 0.6 is 11.6 Å². The van der Waals surface area contributed by atoms with Crippen molar-refractivity contribution >= 4 is 45.6 Å². The number of halogens is 1. The van der Waals surface area contributed by atoms with Gasteiger partial charge in [-0.3, -0.25) is 0 Å². The summed E-state index contributed by atoms with van der Waals surface area (Å²) in [7, 11) is 2.01. The van der Waals surface area contributed by atoms with E-state index in [0.717, 1.165) is 65.5 Å². The SMILES string of the molecule is CN(c1cccc(-c2ccc(N3CCNCC3)nc2)c1)c1nc2nnc(Cl)n2c2ccccc12. The van der Waals surface area contributed by atoms with Gasteiger partial charge < -0.3 is 15.1 Å². The van der Waals surface area contributed by atoms with E-state index in [0.29, 0.717) is 11.1 Å². The lowest BCUT2D eigenvalue weighted by atomic mass is 10.1. The van der Waals surface area contributed by atoms with Gasteiger partial charge in [-0.1, -0.05) is 24.3 Å². The van der Waals surface area contributed by atoms with E-state index in [1.165, 1.54) is 0 Å². The predicted molar refractivity (Wildman–Crippen MR) is 136 cm³/mol. The first-order chi connectivity index (χ1) is 16.7. The van der Waals surface area contributed by atoms with Crippen molar-refractivity contribution in [2.24, 2.45) is 0 Å². The van der Waals surface area contributed by atoms with Crippen LogP contribution < -0.4 is 15.1 Å². The quantitative estimate of drug-likeness (QED) is 0.422. The highest BCUT2D eigenvalue weighted by molar-refractivity contribution is 6.29. The van der Waals surface area contributed by atoms with Crippen molar-refractivity contribution in [3.8, 4) is 11.1 Å². The second-order valence-corrected chi connectivity index (χ2v) is 8.65. The molecule has 1 aliphatic rings. The van der Waals surface area contributed by atoms with Crippen molar-refractivity contribution in [1.82, 2.24) is 29.9 Å².